The van der Waals surface area contributed by atoms with Crippen molar-refractivity contribution >= 4 is 5.69 Å². The van der Waals surface area contributed by atoms with Crippen molar-refractivity contribution in [3.05, 3.63) is 24.3 Å². The molecule has 140 valence electrons. The second-order valence-corrected chi connectivity index (χ2v) is 7.29. The van der Waals surface area contributed by atoms with Crippen LogP contribution in [0.25, 0.3) is 0 Å². The molecule has 0 spiro atoms. The molecule has 7 heteroatoms. The first-order chi connectivity index (χ1) is 11.8. The fourth-order valence-corrected chi connectivity index (χ4v) is 4.27. The Morgan fingerprint density at radius 1 is 1.08 bits per heavy atom. The lowest BCUT2D eigenvalue weighted by Crippen LogP contribution is -2.64. The number of halogens is 3. The minimum atomic E-state index is -4.67. The molecule has 25 heavy (non-hydrogen) atoms. The third-order valence-corrected chi connectivity index (χ3v) is 5.68. The van der Waals surface area contributed by atoms with Gasteiger partial charge in [-0.25, -0.2) is 0 Å². The molecule has 0 radical (unpaired) electrons. The monoisotopic (exact) mass is 357 g/mol. The lowest BCUT2D eigenvalue weighted by molar-refractivity contribution is -0.274. The van der Waals surface area contributed by atoms with Crippen molar-refractivity contribution in [2.45, 2.75) is 56.5 Å². The van der Waals surface area contributed by atoms with Crippen LogP contribution in [-0.4, -0.2) is 31.0 Å². The van der Waals surface area contributed by atoms with Gasteiger partial charge in [0.15, 0.2) is 0 Å². The predicted molar refractivity (Wildman–Crippen MR) is 91.4 cm³/mol. The first kappa shape index (κ1) is 18.3. The molecule has 1 saturated carbocycles. The van der Waals surface area contributed by atoms with Gasteiger partial charge in [-0.3, -0.25) is 0 Å². The van der Waals surface area contributed by atoms with Crippen molar-refractivity contribution < 1.29 is 17.9 Å². The van der Waals surface area contributed by atoms with Gasteiger partial charge in [-0.15, -0.1) is 13.2 Å². The number of rotatable bonds is 3. The van der Waals surface area contributed by atoms with E-state index in [0.29, 0.717) is 5.92 Å². The molecule has 1 aromatic carbocycles. The van der Waals surface area contributed by atoms with Gasteiger partial charge in [0.25, 0.3) is 0 Å². The van der Waals surface area contributed by atoms with E-state index < -0.39 is 6.36 Å². The molecule has 2 fully saturated rings. The average Bonchev–Trinajstić information content (AvgIpc) is 2.57. The maximum Gasteiger partial charge on any atom is 0.573 e. The van der Waals surface area contributed by atoms with E-state index >= 15 is 0 Å². The summed E-state index contributed by atoms with van der Waals surface area (Å²) in [6.07, 6.45) is 1.57. The van der Waals surface area contributed by atoms with E-state index in [0.717, 1.165) is 57.3 Å². The standard InChI is InChI=1S/C18H26F3N3O/c19-18(20,21)25-15-8-6-14(7-9-15)24-11-3-4-13(12-24)17(23)10-2-1-5-16(17)22/h6-9,13,16H,1-5,10-12,22-23H2/t13-,16?,17?/m0/s1. The third-order valence-electron chi connectivity index (χ3n) is 5.68. The van der Waals surface area contributed by atoms with Gasteiger partial charge in [0.2, 0.25) is 0 Å². The van der Waals surface area contributed by atoms with Gasteiger partial charge in [0, 0.05) is 30.4 Å². The minimum Gasteiger partial charge on any atom is -0.406 e. The molecule has 4 nitrogen and oxygen atoms in total. The third kappa shape index (κ3) is 4.20. The van der Waals surface area contributed by atoms with Gasteiger partial charge < -0.3 is 21.1 Å². The topological polar surface area (TPSA) is 64.5 Å². The quantitative estimate of drug-likeness (QED) is 0.870. The van der Waals surface area contributed by atoms with Gasteiger partial charge in [-0.2, -0.15) is 0 Å². The summed E-state index contributed by atoms with van der Waals surface area (Å²) in [4.78, 5) is 2.20. The molecule has 2 unspecified atom stereocenters. The fourth-order valence-electron chi connectivity index (χ4n) is 4.27. The molecule has 1 saturated heterocycles. The van der Waals surface area contributed by atoms with E-state index in [1.807, 2.05) is 0 Å². The fraction of sp³-hybridized carbons (Fsp3) is 0.667. The van der Waals surface area contributed by atoms with Crippen molar-refractivity contribution in [1.29, 1.82) is 0 Å². The molecule has 3 atom stereocenters. The Hall–Kier alpha value is -1.47. The summed E-state index contributed by atoms with van der Waals surface area (Å²) in [5.41, 5.74) is 13.6. The van der Waals surface area contributed by atoms with Gasteiger partial charge >= 0.3 is 6.36 Å². The normalized spacial score (nSPS) is 31.0. The van der Waals surface area contributed by atoms with Gasteiger partial charge in [0.05, 0.1) is 0 Å². The van der Waals surface area contributed by atoms with Crippen LogP contribution in [0.1, 0.15) is 38.5 Å². The maximum atomic E-state index is 12.3. The van der Waals surface area contributed by atoms with Crippen LogP contribution in [0.2, 0.25) is 0 Å². The van der Waals surface area contributed by atoms with E-state index in [-0.39, 0.29) is 17.3 Å². The summed E-state index contributed by atoms with van der Waals surface area (Å²) in [7, 11) is 0. The second kappa shape index (κ2) is 7.03. The number of hydrogen-bond donors (Lipinski definition) is 2. The number of alkyl halides is 3. The summed E-state index contributed by atoms with van der Waals surface area (Å²) in [6, 6.07) is 6.09. The Labute approximate surface area is 146 Å². The smallest absolute Gasteiger partial charge is 0.406 e. The summed E-state index contributed by atoms with van der Waals surface area (Å²) in [6.45, 7) is 1.67. The number of benzene rings is 1. The predicted octanol–water partition coefficient (Wildman–Crippen LogP) is 3.40. The number of nitrogens with zero attached hydrogens (tertiary/aromatic N) is 1. The van der Waals surface area contributed by atoms with Crippen LogP contribution in [0.5, 0.6) is 5.75 Å². The van der Waals surface area contributed by atoms with Crippen molar-refractivity contribution in [1.82, 2.24) is 0 Å². The molecule has 1 aliphatic heterocycles. The first-order valence-corrected chi connectivity index (χ1v) is 8.93. The van der Waals surface area contributed by atoms with Crippen LogP contribution < -0.4 is 21.1 Å². The van der Waals surface area contributed by atoms with E-state index in [4.69, 9.17) is 11.5 Å². The number of ether oxygens (including phenoxy) is 1. The largest absolute Gasteiger partial charge is 0.573 e. The van der Waals surface area contributed by atoms with Crippen LogP contribution in [0.15, 0.2) is 24.3 Å². The van der Waals surface area contributed by atoms with E-state index in [9.17, 15) is 13.2 Å². The Bertz CT molecular complexity index is 578. The number of nitrogens with two attached hydrogens (primary N) is 2. The summed E-state index contributed by atoms with van der Waals surface area (Å²) in [5, 5.41) is 0. The number of anilines is 1. The lowest BCUT2D eigenvalue weighted by atomic mass is 9.68. The van der Waals surface area contributed by atoms with E-state index in [1.54, 1.807) is 12.1 Å². The van der Waals surface area contributed by atoms with Crippen molar-refractivity contribution in [3.63, 3.8) is 0 Å². The molecule has 3 rings (SSSR count). The van der Waals surface area contributed by atoms with Crippen LogP contribution in [-0.2, 0) is 0 Å². The highest BCUT2D eigenvalue weighted by atomic mass is 19.4. The lowest BCUT2D eigenvalue weighted by Gasteiger charge is -2.49. The molecule has 0 bridgehead atoms. The first-order valence-electron chi connectivity index (χ1n) is 8.93. The van der Waals surface area contributed by atoms with Crippen LogP contribution >= 0.6 is 0 Å². The summed E-state index contributed by atoms with van der Waals surface area (Å²) < 4.78 is 40.8. The van der Waals surface area contributed by atoms with E-state index in [2.05, 4.69) is 9.64 Å². The van der Waals surface area contributed by atoms with Gasteiger partial charge in [-0.1, -0.05) is 12.8 Å². The SMILES string of the molecule is NC1CCCCC1(N)[C@H]1CCCN(c2ccc(OC(F)(F)F)cc2)C1. The zero-order chi connectivity index (χ0) is 18.1. The van der Waals surface area contributed by atoms with Crippen LogP contribution in [0, 0.1) is 5.92 Å². The summed E-state index contributed by atoms with van der Waals surface area (Å²) in [5.74, 6) is 0.108. The Morgan fingerprint density at radius 2 is 1.80 bits per heavy atom. The molecular formula is C18H26F3N3O. The van der Waals surface area contributed by atoms with E-state index in [1.165, 1.54) is 12.1 Å². The van der Waals surface area contributed by atoms with Crippen molar-refractivity contribution in [3.8, 4) is 5.75 Å². The highest BCUT2D eigenvalue weighted by Gasteiger charge is 2.43. The average molecular weight is 357 g/mol. The highest BCUT2D eigenvalue weighted by molar-refractivity contribution is 5.49. The second-order valence-electron chi connectivity index (χ2n) is 7.29. The molecule has 1 aromatic rings. The zero-order valence-electron chi connectivity index (χ0n) is 14.3. The molecule has 1 aliphatic carbocycles. The van der Waals surface area contributed by atoms with Crippen molar-refractivity contribution in [2.75, 3.05) is 18.0 Å². The van der Waals surface area contributed by atoms with Gasteiger partial charge in [0.1, 0.15) is 5.75 Å². The van der Waals surface area contributed by atoms with Crippen molar-refractivity contribution in [2.24, 2.45) is 17.4 Å². The Balaban J connectivity index is 1.69. The molecule has 2 aliphatic rings. The van der Waals surface area contributed by atoms with Gasteiger partial charge in [-0.05, 0) is 55.9 Å². The highest BCUT2D eigenvalue weighted by Crippen LogP contribution is 2.37. The Kier molecular flexibility index (Phi) is 5.16. The van der Waals surface area contributed by atoms with Crippen LogP contribution in [0.3, 0.4) is 0 Å². The molecular weight excluding hydrogens is 331 g/mol. The minimum absolute atomic E-state index is 0.0220. The number of hydrogen-bond acceptors (Lipinski definition) is 4. The summed E-state index contributed by atoms with van der Waals surface area (Å²) >= 11 is 0. The molecule has 0 aromatic heterocycles. The molecule has 4 N–H and O–H groups in total. The maximum absolute atomic E-state index is 12.3. The van der Waals surface area contributed by atoms with Crippen LogP contribution in [0.4, 0.5) is 18.9 Å². The zero-order valence-corrected chi connectivity index (χ0v) is 14.3. The molecule has 1 heterocycles. The number of piperidine rings is 1. The Morgan fingerprint density at radius 3 is 2.44 bits per heavy atom. The molecule has 0 amide bonds.